The Balaban J connectivity index is 1.06. The first kappa shape index (κ1) is 56.6. The molecule has 8 fully saturated rings. The molecular formula is C47H72O26. The van der Waals surface area contributed by atoms with E-state index in [1.54, 1.807) is 6.92 Å². The largest absolute Gasteiger partial charge is 0.481 e. The third-order valence-corrected chi connectivity index (χ3v) is 17.6. The number of ether oxygens (including phenoxy) is 9. The van der Waals surface area contributed by atoms with Gasteiger partial charge in [0.05, 0.1) is 37.4 Å². The second kappa shape index (κ2) is 21.6. The Hall–Kier alpha value is -2.65. The van der Waals surface area contributed by atoms with E-state index in [-0.39, 0.29) is 11.8 Å². The molecule has 0 aromatic heterocycles. The Bertz CT molecular complexity index is 1990. The average molecular weight is 1050 g/mol. The van der Waals surface area contributed by atoms with Crippen LogP contribution in [0, 0.1) is 28.1 Å². The third kappa shape index (κ3) is 10.0. The van der Waals surface area contributed by atoms with E-state index in [9.17, 15) is 80.8 Å². The summed E-state index contributed by atoms with van der Waals surface area (Å²) in [7, 11) is 0. The van der Waals surface area contributed by atoms with Gasteiger partial charge in [0.15, 0.2) is 25.0 Å². The molecule has 14 N–H and O–H groups in total. The summed E-state index contributed by atoms with van der Waals surface area (Å²) in [6, 6.07) is 0. The molecule has 4 saturated heterocycles. The molecule has 416 valence electrons. The molecule has 26 heteroatoms. The van der Waals surface area contributed by atoms with E-state index in [4.69, 9.17) is 47.7 Å². The Morgan fingerprint density at radius 1 is 0.575 bits per heavy atom. The van der Waals surface area contributed by atoms with E-state index in [0.717, 1.165) is 0 Å². The lowest BCUT2D eigenvalue weighted by Gasteiger charge is -2.64. The zero-order valence-corrected chi connectivity index (χ0v) is 40.5. The summed E-state index contributed by atoms with van der Waals surface area (Å²) in [5.41, 5.74) is -2.75. The highest BCUT2D eigenvalue weighted by Crippen LogP contribution is 2.74. The molecule has 8 rings (SSSR count). The van der Waals surface area contributed by atoms with Gasteiger partial charge in [-0.3, -0.25) is 14.4 Å². The predicted octanol–water partition coefficient (Wildman–Crippen LogP) is -5.09. The molecule has 8 aliphatic rings. The Morgan fingerprint density at radius 3 is 1.64 bits per heavy atom. The van der Waals surface area contributed by atoms with Gasteiger partial charge in [0.25, 0.3) is 0 Å². The predicted molar refractivity (Wildman–Crippen MR) is 235 cm³/mol. The van der Waals surface area contributed by atoms with Gasteiger partial charge in [0.2, 0.25) is 6.29 Å². The first-order valence-electron chi connectivity index (χ1n) is 24.9. The fraction of sp³-hybridized carbons (Fsp3) is 0.894. The number of aliphatic hydroxyl groups excluding tert-OH is 13. The molecule has 2 bridgehead atoms. The second-order valence-corrected chi connectivity index (χ2v) is 21.8. The zero-order chi connectivity index (χ0) is 53.3. The first-order valence-corrected chi connectivity index (χ1v) is 24.9. The van der Waals surface area contributed by atoms with Crippen molar-refractivity contribution < 1.29 is 129 Å². The number of hydrogen-bond donors (Lipinski definition) is 14. The van der Waals surface area contributed by atoms with Crippen molar-refractivity contribution in [3.8, 4) is 0 Å². The number of hydrogen-bond acceptors (Lipinski definition) is 25. The van der Waals surface area contributed by atoms with Crippen molar-refractivity contribution in [1.29, 1.82) is 0 Å². The molecular weight excluding hydrogens is 980 g/mol. The van der Waals surface area contributed by atoms with E-state index in [2.05, 4.69) is 13.5 Å². The van der Waals surface area contributed by atoms with Gasteiger partial charge in [-0.1, -0.05) is 19.9 Å². The van der Waals surface area contributed by atoms with Gasteiger partial charge in [0, 0.05) is 0 Å². The van der Waals surface area contributed by atoms with Gasteiger partial charge < -0.3 is 114 Å². The second-order valence-electron chi connectivity index (χ2n) is 21.8. The maximum atomic E-state index is 14.6. The standard InChI is InChI=1S/C47H72O26/c1-18-12-46-9-5-23-44(2,7-4-8-45(23,3)43(64)72-41-37(69-26(54)11-25(52)53)33(61)29(57)21(15-50)67-41)24(46)6-10-47(18,17-46)73-42-38(71-40-35(63)32(60)28(56)20(14-49)66-40)36(30(58)22(16-51)68-42)70-39-34(62)31(59)27(55)19(13-48)65-39/h19-24,27-42,48-51,55-63H,1,4-17H2,2-3H3,(H,52,53)/t19-,20?,21?,22-,23+,24+,27?,28-,29-,30?,31?,32?,33?,34-,35?,36?,37?,38-,39+,40+,41+,42?,44-,45-,46-,47+/m1/s1. The summed E-state index contributed by atoms with van der Waals surface area (Å²) in [6.07, 6.45) is -32.2. The number of carboxylic acid groups (broad SMARTS) is 1. The van der Waals surface area contributed by atoms with Gasteiger partial charge >= 0.3 is 17.9 Å². The van der Waals surface area contributed by atoms with Crippen LogP contribution in [-0.4, -0.2) is 244 Å². The van der Waals surface area contributed by atoms with Crippen LogP contribution >= 0.6 is 0 Å². The first-order chi connectivity index (χ1) is 34.4. The average Bonchev–Trinajstić information content (AvgIpc) is 3.54. The number of carbonyl (C=O) groups excluding carboxylic acids is 2. The molecule has 4 aliphatic heterocycles. The van der Waals surface area contributed by atoms with Gasteiger partial charge in [-0.2, -0.15) is 0 Å². The van der Waals surface area contributed by atoms with Crippen LogP contribution in [-0.2, 0) is 57.0 Å². The van der Waals surface area contributed by atoms with Crippen molar-refractivity contribution in [2.75, 3.05) is 26.4 Å². The smallest absolute Gasteiger partial charge is 0.317 e. The lowest BCUT2D eigenvalue weighted by atomic mass is 9.41. The number of aliphatic hydroxyl groups is 13. The van der Waals surface area contributed by atoms with Crippen LogP contribution in [0.2, 0.25) is 0 Å². The molecule has 0 radical (unpaired) electrons. The summed E-state index contributed by atoms with van der Waals surface area (Å²) in [4.78, 5) is 38.3. The lowest BCUT2D eigenvalue weighted by molar-refractivity contribution is -0.400. The summed E-state index contributed by atoms with van der Waals surface area (Å²) >= 11 is 0. The summed E-state index contributed by atoms with van der Waals surface area (Å²) < 4.78 is 53.7. The zero-order valence-electron chi connectivity index (χ0n) is 40.5. The molecule has 0 amide bonds. The Morgan fingerprint density at radius 2 is 1.08 bits per heavy atom. The summed E-state index contributed by atoms with van der Waals surface area (Å²) in [5, 5.41) is 147. The summed E-state index contributed by atoms with van der Waals surface area (Å²) in [5.74, 6) is -3.95. The van der Waals surface area contributed by atoms with E-state index in [1.807, 2.05) is 0 Å². The number of rotatable bonds is 15. The van der Waals surface area contributed by atoms with E-state index >= 15 is 0 Å². The normalized spacial score (nSPS) is 50.9. The Kier molecular flexibility index (Phi) is 16.8. The molecule has 4 heterocycles. The quantitative estimate of drug-likeness (QED) is 0.0316. The van der Waals surface area contributed by atoms with Gasteiger partial charge in [0.1, 0.15) is 98.0 Å². The highest BCUT2D eigenvalue weighted by Gasteiger charge is 2.70. The van der Waals surface area contributed by atoms with Crippen molar-refractivity contribution in [2.24, 2.45) is 28.1 Å². The van der Waals surface area contributed by atoms with Crippen molar-refractivity contribution in [2.45, 2.75) is 206 Å². The lowest BCUT2D eigenvalue weighted by Crippen LogP contribution is -2.68. The molecule has 1 spiro atoms. The minimum Gasteiger partial charge on any atom is -0.481 e. The van der Waals surface area contributed by atoms with Gasteiger partial charge in [-0.05, 0) is 86.5 Å². The van der Waals surface area contributed by atoms with Crippen LogP contribution in [0.4, 0.5) is 0 Å². The molecule has 73 heavy (non-hydrogen) atoms. The van der Waals surface area contributed by atoms with E-state index in [1.165, 1.54) is 0 Å². The van der Waals surface area contributed by atoms with Gasteiger partial charge in [-0.15, -0.1) is 0 Å². The number of fused-ring (bicyclic) bond motifs is 3. The minimum absolute atomic E-state index is 0.0590. The number of esters is 2. The van der Waals surface area contributed by atoms with Crippen molar-refractivity contribution in [1.82, 2.24) is 0 Å². The maximum Gasteiger partial charge on any atom is 0.317 e. The minimum atomic E-state index is -1.98. The van der Waals surface area contributed by atoms with Crippen LogP contribution in [0.5, 0.6) is 0 Å². The highest BCUT2D eigenvalue weighted by molar-refractivity contribution is 5.90. The topological polar surface area (TPSA) is 418 Å². The maximum absolute atomic E-state index is 14.6. The molecule has 0 aromatic carbocycles. The van der Waals surface area contributed by atoms with Crippen molar-refractivity contribution in [3.05, 3.63) is 12.2 Å². The highest BCUT2D eigenvalue weighted by atomic mass is 16.8. The fourth-order valence-electron chi connectivity index (χ4n) is 13.9. The molecule has 0 aromatic rings. The number of aliphatic carboxylic acids is 1. The fourth-order valence-corrected chi connectivity index (χ4v) is 13.9. The van der Waals surface area contributed by atoms with Crippen LogP contribution in [0.25, 0.3) is 0 Å². The molecule has 4 saturated carbocycles. The third-order valence-electron chi connectivity index (χ3n) is 17.6. The van der Waals surface area contributed by atoms with Crippen LogP contribution in [0.15, 0.2) is 12.2 Å². The molecule has 26 nitrogen and oxygen atoms in total. The molecule has 11 unspecified atom stereocenters. The monoisotopic (exact) mass is 1050 g/mol. The van der Waals surface area contributed by atoms with Crippen LogP contribution < -0.4 is 0 Å². The van der Waals surface area contributed by atoms with Crippen LogP contribution in [0.1, 0.15) is 78.1 Å². The van der Waals surface area contributed by atoms with Crippen LogP contribution in [0.3, 0.4) is 0 Å². The number of carboxylic acids is 1. The van der Waals surface area contributed by atoms with Crippen molar-refractivity contribution >= 4 is 17.9 Å². The molecule has 26 atom stereocenters. The van der Waals surface area contributed by atoms with Crippen molar-refractivity contribution in [3.63, 3.8) is 0 Å². The Labute approximate surface area is 418 Å². The SMILES string of the molecule is C=C1C[C@@]23CC[C@H]4[C@@](C)(CCC[C@@]4(C)C(=O)O[C@@H]4OC(CO)[C@@H](O)C(O)C4OC(=O)CC(=O)O)[C@@H]2CC[C@]1(OC1O[C@H](CO)C(O)C(O[C@@H]2O[C@H](CO)C(O)C(O)[C@H]2O)[C@H]1O[C@@H]1OC(CO)[C@@H](O)C(O)C1O)C3. The van der Waals surface area contributed by atoms with E-state index < -0.39 is 195 Å². The van der Waals surface area contributed by atoms with E-state index in [0.29, 0.717) is 63.4 Å². The molecule has 4 aliphatic carbocycles. The summed E-state index contributed by atoms with van der Waals surface area (Å²) in [6.45, 7) is 5.08. The van der Waals surface area contributed by atoms with Gasteiger partial charge in [-0.25, -0.2) is 0 Å². The number of carbonyl (C=O) groups is 3.